The molecule has 0 spiro atoms. The van der Waals surface area contributed by atoms with E-state index in [0.717, 1.165) is 44.5 Å². The Balaban J connectivity index is 2.27. The van der Waals surface area contributed by atoms with Crippen LogP contribution in [0, 0.1) is 0 Å². The second-order valence-electron chi connectivity index (χ2n) is 5.57. The number of carbonyl (C=O) groups is 1. The van der Waals surface area contributed by atoms with Crippen LogP contribution in [0.5, 0.6) is 0 Å². The van der Waals surface area contributed by atoms with E-state index in [1.54, 1.807) is 0 Å². The van der Waals surface area contributed by atoms with Gasteiger partial charge >= 0.3 is 6.18 Å². The SMILES string of the molecule is COCCC(=O)Nc1cc(C(F)(F)F)ccc1N1CCCCC1. The average molecular weight is 330 g/mol. The first-order valence-electron chi connectivity index (χ1n) is 7.67. The van der Waals surface area contributed by atoms with Crippen molar-refractivity contribution in [1.82, 2.24) is 0 Å². The maximum absolute atomic E-state index is 12.9. The molecule has 1 heterocycles. The van der Waals surface area contributed by atoms with Crippen molar-refractivity contribution in [1.29, 1.82) is 0 Å². The fraction of sp³-hybridized carbons (Fsp3) is 0.562. The number of benzene rings is 1. The number of methoxy groups -OCH3 is 1. The molecule has 1 aliphatic heterocycles. The maximum atomic E-state index is 12.9. The predicted molar refractivity (Wildman–Crippen MR) is 82.6 cm³/mol. The number of amides is 1. The van der Waals surface area contributed by atoms with Gasteiger partial charge in [-0.1, -0.05) is 0 Å². The van der Waals surface area contributed by atoms with Gasteiger partial charge in [-0.3, -0.25) is 4.79 Å². The lowest BCUT2D eigenvalue weighted by Gasteiger charge is -2.31. The lowest BCUT2D eigenvalue weighted by atomic mass is 10.1. The highest BCUT2D eigenvalue weighted by Gasteiger charge is 2.31. The van der Waals surface area contributed by atoms with Gasteiger partial charge in [-0.25, -0.2) is 0 Å². The Labute approximate surface area is 133 Å². The fourth-order valence-corrected chi connectivity index (χ4v) is 2.63. The van der Waals surface area contributed by atoms with Crippen molar-refractivity contribution in [2.75, 3.05) is 37.0 Å². The van der Waals surface area contributed by atoms with Crippen LogP contribution in [0.2, 0.25) is 0 Å². The molecule has 23 heavy (non-hydrogen) atoms. The number of hydrogen-bond donors (Lipinski definition) is 1. The highest BCUT2D eigenvalue weighted by molar-refractivity contribution is 5.94. The number of hydrogen-bond acceptors (Lipinski definition) is 3. The molecule has 4 nitrogen and oxygen atoms in total. The highest BCUT2D eigenvalue weighted by atomic mass is 19.4. The number of ether oxygens (including phenoxy) is 1. The fourth-order valence-electron chi connectivity index (χ4n) is 2.63. The van der Waals surface area contributed by atoms with Crippen LogP contribution in [-0.4, -0.2) is 32.7 Å². The molecule has 0 bridgehead atoms. The minimum atomic E-state index is -4.44. The zero-order chi connectivity index (χ0) is 16.9. The molecular formula is C16H21F3N2O2. The van der Waals surface area contributed by atoms with Crippen LogP contribution in [0.4, 0.5) is 24.5 Å². The first-order valence-corrected chi connectivity index (χ1v) is 7.67. The zero-order valence-corrected chi connectivity index (χ0v) is 13.1. The summed E-state index contributed by atoms with van der Waals surface area (Å²) in [6, 6.07) is 3.52. The first kappa shape index (κ1) is 17.6. The van der Waals surface area contributed by atoms with Gasteiger partial charge < -0.3 is 15.0 Å². The number of halogens is 3. The van der Waals surface area contributed by atoms with E-state index in [1.807, 2.05) is 4.90 Å². The van der Waals surface area contributed by atoms with E-state index in [0.29, 0.717) is 5.69 Å². The van der Waals surface area contributed by atoms with E-state index in [4.69, 9.17) is 4.74 Å². The zero-order valence-electron chi connectivity index (χ0n) is 13.1. The molecule has 0 unspecified atom stereocenters. The quantitative estimate of drug-likeness (QED) is 0.896. The molecule has 0 aliphatic carbocycles. The molecule has 1 N–H and O–H groups in total. The Bertz CT molecular complexity index is 541. The largest absolute Gasteiger partial charge is 0.416 e. The molecule has 0 radical (unpaired) electrons. The summed E-state index contributed by atoms with van der Waals surface area (Å²) in [4.78, 5) is 13.9. The molecule has 1 saturated heterocycles. The molecule has 1 aromatic carbocycles. The van der Waals surface area contributed by atoms with Crippen molar-refractivity contribution in [3.05, 3.63) is 23.8 Å². The highest BCUT2D eigenvalue weighted by Crippen LogP contribution is 2.36. The second-order valence-corrected chi connectivity index (χ2v) is 5.57. The van der Waals surface area contributed by atoms with Crippen LogP contribution in [0.15, 0.2) is 18.2 Å². The van der Waals surface area contributed by atoms with Gasteiger partial charge in [0.2, 0.25) is 5.91 Å². The van der Waals surface area contributed by atoms with Crippen molar-refractivity contribution in [2.24, 2.45) is 0 Å². The van der Waals surface area contributed by atoms with Gasteiger partial charge in [-0.05, 0) is 37.5 Å². The molecule has 1 aliphatic rings. The van der Waals surface area contributed by atoms with Crippen molar-refractivity contribution >= 4 is 17.3 Å². The summed E-state index contributed by atoms with van der Waals surface area (Å²) >= 11 is 0. The molecular weight excluding hydrogens is 309 g/mol. The van der Waals surface area contributed by atoms with Crippen molar-refractivity contribution in [3.8, 4) is 0 Å². The summed E-state index contributed by atoms with van der Waals surface area (Å²) in [7, 11) is 1.47. The van der Waals surface area contributed by atoms with E-state index >= 15 is 0 Å². The summed E-state index contributed by atoms with van der Waals surface area (Å²) < 4.78 is 43.6. The van der Waals surface area contributed by atoms with Gasteiger partial charge in [0.15, 0.2) is 0 Å². The van der Waals surface area contributed by atoms with Crippen LogP contribution in [0.1, 0.15) is 31.2 Å². The minimum Gasteiger partial charge on any atom is -0.384 e. The first-order chi connectivity index (χ1) is 10.9. The van der Waals surface area contributed by atoms with Gasteiger partial charge in [-0.2, -0.15) is 13.2 Å². The third-order valence-corrected chi connectivity index (χ3v) is 3.83. The molecule has 2 rings (SSSR count). The summed E-state index contributed by atoms with van der Waals surface area (Å²) in [5.74, 6) is -0.357. The van der Waals surface area contributed by atoms with Crippen LogP contribution < -0.4 is 10.2 Å². The van der Waals surface area contributed by atoms with Gasteiger partial charge in [-0.15, -0.1) is 0 Å². The normalized spacial score (nSPS) is 15.6. The Kier molecular flexibility index (Phi) is 5.87. The van der Waals surface area contributed by atoms with Crippen LogP contribution in [-0.2, 0) is 15.7 Å². The van der Waals surface area contributed by atoms with Gasteiger partial charge in [0, 0.05) is 20.2 Å². The number of carbonyl (C=O) groups excluding carboxylic acids is 1. The molecule has 0 atom stereocenters. The van der Waals surface area contributed by atoms with Crippen molar-refractivity contribution < 1.29 is 22.7 Å². The van der Waals surface area contributed by atoms with Crippen LogP contribution >= 0.6 is 0 Å². The number of alkyl halides is 3. The van der Waals surface area contributed by atoms with Gasteiger partial charge in [0.05, 0.1) is 30.0 Å². The van der Waals surface area contributed by atoms with E-state index < -0.39 is 11.7 Å². The third-order valence-electron chi connectivity index (χ3n) is 3.83. The number of nitrogens with zero attached hydrogens (tertiary/aromatic N) is 1. The van der Waals surface area contributed by atoms with E-state index in [9.17, 15) is 18.0 Å². The maximum Gasteiger partial charge on any atom is 0.416 e. The molecule has 0 aromatic heterocycles. The number of piperidine rings is 1. The van der Waals surface area contributed by atoms with Gasteiger partial charge in [0.1, 0.15) is 0 Å². The van der Waals surface area contributed by atoms with E-state index in [2.05, 4.69) is 5.32 Å². The number of anilines is 2. The smallest absolute Gasteiger partial charge is 0.384 e. The van der Waals surface area contributed by atoms with E-state index in [1.165, 1.54) is 13.2 Å². The second kappa shape index (κ2) is 7.68. The molecule has 1 aromatic rings. The van der Waals surface area contributed by atoms with Crippen molar-refractivity contribution in [2.45, 2.75) is 31.9 Å². The Morgan fingerprint density at radius 1 is 1.26 bits per heavy atom. The number of nitrogens with one attached hydrogen (secondary N) is 1. The standard InChI is InChI=1S/C16H21F3N2O2/c1-23-10-7-15(22)20-13-11-12(16(17,18)19)5-6-14(13)21-8-3-2-4-9-21/h5-6,11H,2-4,7-10H2,1H3,(H,20,22). The van der Waals surface area contributed by atoms with E-state index in [-0.39, 0.29) is 24.6 Å². The lowest BCUT2D eigenvalue weighted by Crippen LogP contribution is -2.30. The average Bonchev–Trinajstić information content (AvgIpc) is 2.53. The van der Waals surface area contributed by atoms with Gasteiger partial charge in [0.25, 0.3) is 0 Å². The third kappa shape index (κ3) is 4.86. The Morgan fingerprint density at radius 3 is 2.57 bits per heavy atom. The summed E-state index contributed by atoms with van der Waals surface area (Å²) in [6.45, 7) is 1.79. The van der Waals surface area contributed by atoms with Crippen molar-refractivity contribution in [3.63, 3.8) is 0 Å². The predicted octanol–water partition coefficient (Wildman–Crippen LogP) is 3.67. The summed E-state index contributed by atoms with van der Waals surface area (Å²) in [5.41, 5.74) is 0.0894. The monoisotopic (exact) mass is 330 g/mol. The Morgan fingerprint density at radius 2 is 1.96 bits per heavy atom. The summed E-state index contributed by atoms with van der Waals surface area (Å²) in [5, 5.41) is 2.59. The Hall–Kier alpha value is -1.76. The molecule has 1 amide bonds. The van der Waals surface area contributed by atoms with Crippen LogP contribution in [0.3, 0.4) is 0 Å². The summed E-state index contributed by atoms with van der Waals surface area (Å²) in [6.07, 6.45) is -1.22. The number of rotatable bonds is 5. The van der Waals surface area contributed by atoms with Crippen LogP contribution in [0.25, 0.3) is 0 Å². The molecule has 128 valence electrons. The molecule has 7 heteroatoms. The topological polar surface area (TPSA) is 41.6 Å². The lowest BCUT2D eigenvalue weighted by molar-refractivity contribution is -0.137. The molecule has 0 saturated carbocycles. The molecule has 1 fully saturated rings. The minimum absolute atomic E-state index is 0.103.